The number of hydrogen-bond acceptors (Lipinski definition) is 3. The molecule has 2 atom stereocenters. The van der Waals surface area contributed by atoms with E-state index in [-0.39, 0.29) is 0 Å². The minimum atomic E-state index is 0.341. The molecule has 0 aliphatic carbocycles. The minimum absolute atomic E-state index is 0.341. The summed E-state index contributed by atoms with van der Waals surface area (Å²) in [6, 6.07) is 0.558. The summed E-state index contributed by atoms with van der Waals surface area (Å²) in [7, 11) is 4.21. The summed E-state index contributed by atoms with van der Waals surface area (Å²) >= 11 is 0. The average Bonchev–Trinajstić information content (AvgIpc) is 2.21. The fourth-order valence-corrected chi connectivity index (χ4v) is 1.44. The highest BCUT2D eigenvalue weighted by Gasteiger charge is 2.12. The van der Waals surface area contributed by atoms with Gasteiger partial charge in [-0.25, -0.2) is 0 Å². The minimum Gasteiger partial charge on any atom is -0.377 e. The van der Waals surface area contributed by atoms with Crippen LogP contribution in [-0.2, 0) is 4.74 Å². The van der Waals surface area contributed by atoms with E-state index in [9.17, 15) is 0 Å². The van der Waals surface area contributed by atoms with Crippen LogP contribution in [0.1, 0.15) is 34.1 Å². The van der Waals surface area contributed by atoms with Gasteiger partial charge in [0.15, 0.2) is 0 Å². The lowest BCUT2D eigenvalue weighted by Gasteiger charge is -2.23. The molecule has 0 aromatic carbocycles. The Morgan fingerprint density at radius 1 is 1.19 bits per heavy atom. The smallest absolute Gasteiger partial charge is 0.0711 e. The lowest BCUT2D eigenvalue weighted by Crippen LogP contribution is -2.39. The van der Waals surface area contributed by atoms with E-state index in [1.165, 1.54) is 0 Å². The number of rotatable bonds is 9. The average molecular weight is 230 g/mol. The van der Waals surface area contributed by atoms with Gasteiger partial charge in [-0.2, -0.15) is 0 Å². The monoisotopic (exact) mass is 230 g/mol. The molecule has 0 aromatic rings. The Labute approximate surface area is 102 Å². The van der Waals surface area contributed by atoms with Crippen molar-refractivity contribution in [2.24, 2.45) is 5.92 Å². The molecule has 0 heterocycles. The molecule has 0 fully saturated rings. The standard InChI is InChI=1S/C13H30N2O/c1-7-16-13(8-9-15(5)6)10-14-12(4)11(2)3/h11-14H,7-10H2,1-6H3. The summed E-state index contributed by atoms with van der Waals surface area (Å²) in [5.41, 5.74) is 0. The SMILES string of the molecule is CCOC(CCN(C)C)CNC(C)C(C)C. The van der Waals surface area contributed by atoms with Gasteiger partial charge in [-0.1, -0.05) is 13.8 Å². The van der Waals surface area contributed by atoms with Crippen molar-refractivity contribution in [3.63, 3.8) is 0 Å². The van der Waals surface area contributed by atoms with Crippen LogP contribution in [0.5, 0.6) is 0 Å². The third-order valence-corrected chi connectivity index (χ3v) is 2.97. The van der Waals surface area contributed by atoms with Gasteiger partial charge in [-0.15, -0.1) is 0 Å². The maximum Gasteiger partial charge on any atom is 0.0711 e. The summed E-state index contributed by atoms with van der Waals surface area (Å²) in [4.78, 5) is 2.21. The molecule has 2 unspecified atom stereocenters. The molecule has 0 rings (SSSR count). The molecule has 3 heteroatoms. The quantitative estimate of drug-likeness (QED) is 0.655. The number of ether oxygens (including phenoxy) is 1. The fourth-order valence-electron chi connectivity index (χ4n) is 1.44. The number of hydrogen-bond donors (Lipinski definition) is 1. The maximum atomic E-state index is 5.73. The van der Waals surface area contributed by atoms with E-state index in [2.05, 4.69) is 52.0 Å². The van der Waals surface area contributed by atoms with E-state index in [0.717, 1.165) is 26.1 Å². The van der Waals surface area contributed by atoms with Gasteiger partial charge in [0.25, 0.3) is 0 Å². The van der Waals surface area contributed by atoms with Gasteiger partial charge in [-0.3, -0.25) is 0 Å². The summed E-state index contributed by atoms with van der Waals surface area (Å²) < 4.78 is 5.73. The van der Waals surface area contributed by atoms with Gasteiger partial charge in [0, 0.05) is 25.7 Å². The van der Waals surface area contributed by atoms with Gasteiger partial charge < -0.3 is 15.0 Å². The third kappa shape index (κ3) is 8.08. The molecule has 0 aliphatic heterocycles. The van der Waals surface area contributed by atoms with E-state index in [1.807, 2.05) is 0 Å². The Bertz CT molecular complexity index is 160. The number of nitrogens with one attached hydrogen (secondary N) is 1. The van der Waals surface area contributed by atoms with Crippen LogP contribution in [0.4, 0.5) is 0 Å². The Morgan fingerprint density at radius 3 is 2.25 bits per heavy atom. The Morgan fingerprint density at radius 2 is 1.81 bits per heavy atom. The van der Waals surface area contributed by atoms with Crippen LogP contribution in [0.2, 0.25) is 0 Å². The molecular weight excluding hydrogens is 200 g/mol. The van der Waals surface area contributed by atoms with Crippen molar-refractivity contribution in [1.82, 2.24) is 10.2 Å². The third-order valence-electron chi connectivity index (χ3n) is 2.97. The van der Waals surface area contributed by atoms with E-state index < -0.39 is 0 Å². The van der Waals surface area contributed by atoms with Crippen LogP contribution in [0.15, 0.2) is 0 Å². The zero-order valence-electron chi connectivity index (χ0n) is 11.9. The molecule has 0 aromatic heterocycles. The highest BCUT2D eigenvalue weighted by Crippen LogP contribution is 2.03. The molecule has 1 N–H and O–H groups in total. The summed E-state index contributed by atoms with van der Waals surface area (Å²) in [5, 5.41) is 3.55. The Kier molecular flexibility index (Phi) is 8.90. The van der Waals surface area contributed by atoms with Gasteiger partial charge in [0.1, 0.15) is 0 Å². The molecule has 0 spiro atoms. The van der Waals surface area contributed by atoms with Crippen LogP contribution < -0.4 is 5.32 Å². The summed E-state index contributed by atoms with van der Waals surface area (Å²) in [6.45, 7) is 11.6. The molecule has 0 amide bonds. The van der Waals surface area contributed by atoms with Crippen molar-refractivity contribution in [2.75, 3.05) is 33.8 Å². The molecule has 0 aliphatic rings. The lowest BCUT2D eigenvalue weighted by molar-refractivity contribution is 0.0492. The largest absolute Gasteiger partial charge is 0.377 e. The van der Waals surface area contributed by atoms with Gasteiger partial charge >= 0.3 is 0 Å². The zero-order valence-corrected chi connectivity index (χ0v) is 11.9. The second kappa shape index (κ2) is 8.97. The van der Waals surface area contributed by atoms with Crippen molar-refractivity contribution in [2.45, 2.75) is 46.3 Å². The predicted octanol–water partition coefficient (Wildman–Crippen LogP) is 1.98. The van der Waals surface area contributed by atoms with E-state index in [0.29, 0.717) is 18.1 Å². The Balaban J connectivity index is 3.83. The first-order chi connectivity index (χ1) is 7.47. The van der Waals surface area contributed by atoms with Crippen LogP contribution in [0.3, 0.4) is 0 Å². The first-order valence-corrected chi connectivity index (χ1v) is 6.47. The van der Waals surface area contributed by atoms with E-state index >= 15 is 0 Å². The molecule has 0 saturated heterocycles. The van der Waals surface area contributed by atoms with Crippen LogP contribution in [-0.4, -0.2) is 50.8 Å². The van der Waals surface area contributed by atoms with Gasteiger partial charge in [-0.05, 0) is 40.3 Å². The van der Waals surface area contributed by atoms with Crippen molar-refractivity contribution in [3.8, 4) is 0 Å². The topological polar surface area (TPSA) is 24.5 Å². The maximum absolute atomic E-state index is 5.73. The van der Waals surface area contributed by atoms with Crippen LogP contribution >= 0.6 is 0 Å². The number of nitrogens with zero attached hydrogens (tertiary/aromatic N) is 1. The van der Waals surface area contributed by atoms with Crippen LogP contribution in [0.25, 0.3) is 0 Å². The van der Waals surface area contributed by atoms with Crippen LogP contribution in [0, 0.1) is 5.92 Å². The predicted molar refractivity (Wildman–Crippen MR) is 70.9 cm³/mol. The molecule has 0 bridgehead atoms. The Hall–Kier alpha value is -0.120. The second-order valence-electron chi connectivity index (χ2n) is 5.11. The summed E-state index contributed by atoms with van der Waals surface area (Å²) in [5.74, 6) is 0.677. The molecule has 0 radical (unpaired) electrons. The molecule has 0 saturated carbocycles. The lowest BCUT2D eigenvalue weighted by atomic mass is 10.1. The molecular formula is C13H30N2O. The molecule has 98 valence electrons. The van der Waals surface area contributed by atoms with Crippen molar-refractivity contribution in [1.29, 1.82) is 0 Å². The van der Waals surface area contributed by atoms with Crippen molar-refractivity contribution >= 4 is 0 Å². The highest BCUT2D eigenvalue weighted by molar-refractivity contribution is 4.69. The first-order valence-electron chi connectivity index (χ1n) is 6.47. The normalized spacial score (nSPS) is 15.8. The molecule has 3 nitrogen and oxygen atoms in total. The highest BCUT2D eigenvalue weighted by atomic mass is 16.5. The van der Waals surface area contributed by atoms with Crippen molar-refractivity contribution < 1.29 is 4.74 Å². The van der Waals surface area contributed by atoms with E-state index in [4.69, 9.17) is 4.74 Å². The molecule has 16 heavy (non-hydrogen) atoms. The summed E-state index contributed by atoms with van der Waals surface area (Å²) in [6.07, 6.45) is 1.44. The second-order valence-corrected chi connectivity index (χ2v) is 5.11. The van der Waals surface area contributed by atoms with Crippen molar-refractivity contribution in [3.05, 3.63) is 0 Å². The van der Waals surface area contributed by atoms with Gasteiger partial charge in [0.05, 0.1) is 6.10 Å². The zero-order chi connectivity index (χ0) is 12.6. The van der Waals surface area contributed by atoms with Gasteiger partial charge in [0.2, 0.25) is 0 Å². The fraction of sp³-hybridized carbons (Fsp3) is 1.00. The first kappa shape index (κ1) is 15.9. The van der Waals surface area contributed by atoms with E-state index in [1.54, 1.807) is 0 Å².